The van der Waals surface area contributed by atoms with Crippen molar-refractivity contribution in [3.63, 3.8) is 0 Å². The van der Waals surface area contributed by atoms with Gasteiger partial charge in [0, 0.05) is 0 Å². The van der Waals surface area contributed by atoms with Crippen LogP contribution in [0.3, 0.4) is 0 Å². The van der Waals surface area contributed by atoms with Gasteiger partial charge in [-0.1, -0.05) is 23.7 Å². The van der Waals surface area contributed by atoms with E-state index in [0.29, 0.717) is 15.3 Å². The fraction of sp³-hybridized carbons (Fsp3) is 0.111. The highest BCUT2D eigenvalue weighted by molar-refractivity contribution is 7.88. The normalized spacial score (nSPS) is 12.2. The smallest absolute Gasteiger partial charge is 0.134 e. The molecule has 2 rings (SSSR count). The maximum Gasteiger partial charge on any atom is 0.134 e. The molecule has 0 saturated carbocycles. The summed E-state index contributed by atoms with van der Waals surface area (Å²) < 4.78 is 33.3. The Hall–Kier alpha value is -0.620. The molecule has 1 aromatic heterocycles. The van der Waals surface area contributed by atoms with Gasteiger partial charge >= 0.3 is 0 Å². The first-order valence-electron chi connectivity index (χ1n) is 4.05. The summed E-state index contributed by atoms with van der Waals surface area (Å²) in [6.07, 6.45) is 0. The van der Waals surface area contributed by atoms with Crippen LogP contribution in [0.5, 0.6) is 0 Å². The molecule has 0 unspecified atom stereocenters. The molecule has 3 nitrogen and oxygen atoms in total. The van der Waals surface area contributed by atoms with Crippen LogP contribution in [0, 0.1) is 6.92 Å². The van der Waals surface area contributed by atoms with E-state index in [4.69, 9.17) is 11.6 Å². The fourth-order valence-corrected chi connectivity index (χ4v) is 3.80. The van der Waals surface area contributed by atoms with Crippen molar-refractivity contribution in [3.8, 4) is 0 Å². The molecule has 1 heterocycles. The Kier molecular flexibility index (Phi) is 2.50. The Balaban J connectivity index is 2.93. The second-order valence-corrected chi connectivity index (χ2v) is 6.09. The van der Waals surface area contributed by atoms with Crippen molar-refractivity contribution in [2.24, 2.45) is 0 Å². The molecule has 0 fully saturated rings. The van der Waals surface area contributed by atoms with Crippen LogP contribution in [-0.2, 0) is 10.1 Å². The molecular formula is C9H6ClO3S2-. The molecule has 0 aliphatic heterocycles. The third kappa shape index (κ3) is 1.76. The van der Waals surface area contributed by atoms with Crippen LogP contribution in [0.2, 0.25) is 5.02 Å². The molecule has 0 N–H and O–H groups in total. The lowest BCUT2D eigenvalue weighted by Crippen LogP contribution is -1.96. The van der Waals surface area contributed by atoms with Crippen LogP contribution in [0.4, 0.5) is 0 Å². The van der Waals surface area contributed by atoms with Gasteiger partial charge in [-0.05, 0) is 23.9 Å². The molecule has 15 heavy (non-hydrogen) atoms. The molecule has 0 bridgehead atoms. The molecule has 0 amide bonds. The topological polar surface area (TPSA) is 57.2 Å². The summed E-state index contributed by atoms with van der Waals surface area (Å²) in [5.41, 5.74) is 0.479. The van der Waals surface area contributed by atoms with Gasteiger partial charge in [0.05, 0.1) is 9.72 Å². The fourth-order valence-electron chi connectivity index (χ4n) is 1.43. The molecular weight excluding hydrogens is 256 g/mol. The Bertz CT molecular complexity index is 628. The lowest BCUT2D eigenvalue weighted by atomic mass is 10.2. The number of rotatable bonds is 1. The average Bonchev–Trinajstić information content (AvgIpc) is 2.45. The zero-order valence-electron chi connectivity index (χ0n) is 7.65. The van der Waals surface area contributed by atoms with Gasteiger partial charge in [-0.25, -0.2) is 8.42 Å². The first kappa shape index (κ1) is 10.9. The second kappa shape index (κ2) is 3.45. The lowest BCUT2D eigenvalue weighted by Gasteiger charge is -2.03. The predicted molar refractivity (Wildman–Crippen MR) is 59.5 cm³/mol. The van der Waals surface area contributed by atoms with Gasteiger partial charge < -0.3 is 4.55 Å². The van der Waals surface area contributed by atoms with Gasteiger partial charge in [0.15, 0.2) is 0 Å². The summed E-state index contributed by atoms with van der Waals surface area (Å²) >= 11 is 6.83. The zero-order chi connectivity index (χ0) is 11.2. The van der Waals surface area contributed by atoms with Crippen LogP contribution in [-0.4, -0.2) is 13.0 Å². The lowest BCUT2D eigenvalue weighted by molar-refractivity contribution is 0.465. The summed E-state index contributed by atoms with van der Waals surface area (Å²) in [6.45, 7) is 1.61. The first-order chi connectivity index (χ1) is 6.91. The predicted octanol–water partition coefficient (Wildman–Crippen LogP) is 2.77. The van der Waals surface area contributed by atoms with Crippen LogP contribution in [0.25, 0.3) is 10.1 Å². The Morgan fingerprint density at radius 3 is 2.60 bits per heavy atom. The largest absolute Gasteiger partial charge is 0.743 e. The highest BCUT2D eigenvalue weighted by Gasteiger charge is 2.14. The standard InChI is InChI=1S/C9H7ClO3S2/c1-5-6-3-2-4-7(10)8(6)14-9(5)15(11,12)13/h2-4H,1H3,(H,11,12,13)/p-1. The van der Waals surface area contributed by atoms with E-state index in [1.807, 2.05) is 0 Å². The van der Waals surface area contributed by atoms with Crippen LogP contribution < -0.4 is 0 Å². The van der Waals surface area contributed by atoms with Crippen molar-refractivity contribution in [1.29, 1.82) is 0 Å². The molecule has 0 atom stereocenters. The quantitative estimate of drug-likeness (QED) is 0.742. The van der Waals surface area contributed by atoms with Gasteiger partial charge in [-0.2, -0.15) is 0 Å². The van der Waals surface area contributed by atoms with Crippen molar-refractivity contribution < 1.29 is 13.0 Å². The minimum absolute atomic E-state index is 0.148. The number of aryl methyl sites for hydroxylation is 1. The maximum atomic E-state index is 10.9. The maximum absolute atomic E-state index is 10.9. The molecule has 0 aliphatic carbocycles. The van der Waals surface area contributed by atoms with E-state index >= 15 is 0 Å². The monoisotopic (exact) mass is 261 g/mol. The molecule has 80 valence electrons. The number of hydrogen-bond acceptors (Lipinski definition) is 4. The molecule has 0 radical (unpaired) electrons. The van der Waals surface area contributed by atoms with E-state index < -0.39 is 10.1 Å². The summed E-state index contributed by atoms with van der Waals surface area (Å²) in [6, 6.07) is 5.15. The van der Waals surface area contributed by atoms with Gasteiger partial charge in [-0.15, -0.1) is 11.3 Å². The van der Waals surface area contributed by atoms with E-state index in [-0.39, 0.29) is 4.21 Å². The van der Waals surface area contributed by atoms with E-state index in [9.17, 15) is 13.0 Å². The summed E-state index contributed by atoms with van der Waals surface area (Å²) in [5.74, 6) is 0. The highest BCUT2D eigenvalue weighted by Crippen LogP contribution is 2.37. The van der Waals surface area contributed by atoms with Crippen LogP contribution in [0.15, 0.2) is 22.4 Å². The van der Waals surface area contributed by atoms with Crippen LogP contribution in [0.1, 0.15) is 5.56 Å². The molecule has 1 aromatic carbocycles. The van der Waals surface area contributed by atoms with E-state index in [1.165, 1.54) is 0 Å². The van der Waals surface area contributed by atoms with Crippen molar-refractivity contribution in [2.45, 2.75) is 11.1 Å². The van der Waals surface area contributed by atoms with E-state index in [1.54, 1.807) is 25.1 Å². The Morgan fingerprint density at radius 2 is 2.07 bits per heavy atom. The zero-order valence-corrected chi connectivity index (χ0v) is 10.0. The third-order valence-corrected chi connectivity index (χ3v) is 5.28. The average molecular weight is 262 g/mol. The minimum atomic E-state index is -4.40. The molecule has 0 aliphatic rings. The van der Waals surface area contributed by atoms with Crippen LogP contribution >= 0.6 is 22.9 Å². The number of halogens is 1. The number of fused-ring (bicyclic) bond motifs is 1. The molecule has 2 aromatic rings. The van der Waals surface area contributed by atoms with Crippen molar-refractivity contribution in [3.05, 3.63) is 28.8 Å². The van der Waals surface area contributed by atoms with Gasteiger partial charge in [0.25, 0.3) is 0 Å². The van der Waals surface area contributed by atoms with Crippen molar-refractivity contribution in [2.75, 3.05) is 0 Å². The minimum Gasteiger partial charge on any atom is -0.743 e. The Labute approximate surface area is 96.1 Å². The number of thiophene rings is 1. The summed E-state index contributed by atoms with van der Waals surface area (Å²) in [4.78, 5) is 0. The highest BCUT2D eigenvalue weighted by atomic mass is 35.5. The van der Waals surface area contributed by atoms with Crippen molar-refractivity contribution in [1.82, 2.24) is 0 Å². The van der Waals surface area contributed by atoms with E-state index in [2.05, 4.69) is 0 Å². The Morgan fingerprint density at radius 1 is 1.40 bits per heavy atom. The summed E-state index contributed by atoms with van der Waals surface area (Å²) in [7, 11) is -4.40. The second-order valence-electron chi connectivity index (χ2n) is 3.09. The third-order valence-electron chi connectivity index (χ3n) is 2.10. The molecule has 0 saturated heterocycles. The number of hydrogen-bond donors (Lipinski definition) is 0. The van der Waals surface area contributed by atoms with Gasteiger partial charge in [0.1, 0.15) is 14.3 Å². The first-order valence-corrected chi connectivity index (χ1v) is 6.65. The molecule has 6 heteroatoms. The van der Waals surface area contributed by atoms with Gasteiger partial charge in [-0.3, -0.25) is 0 Å². The summed E-state index contributed by atoms with van der Waals surface area (Å²) in [5, 5.41) is 1.19. The molecule has 0 spiro atoms. The van der Waals surface area contributed by atoms with E-state index in [0.717, 1.165) is 16.7 Å². The van der Waals surface area contributed by atoms with Crippen molar-refractivity contribution >= 4 is 43.1 Å². The SMILES string of the molecule is Cc1c(S(=O)(=O)[O-])sc2c(Cl)cccc12. The number of benzene rings is 1. The van der Waals surface area contributed by atoms with Gasteiger partial charge in [0.2, 0.25) is 0 Å².